The molecule has 18 heavy (non-hydrogen) atoms. The first-order valence-electron chi connectivity index (χ1n) is 5.39. The Morgan fingerprint density at radius 2 is 2.11 bits per heavy atom. The topological polar surface area (TPSA) is 92.5 Å². The number of benzene rings is 1. The molecule has 96 valence electrons. The van der Waals surface area contributed by atoms with Crippen LogP contribution in [0.1, 0.15) is 23.2 Å². The van der Waals surface area contributed by atoms with E-state index in [0.29, 0.717) is 12.8 Å². The summed E-state index contributed by atoms with van der Waals surface area (Å²) in [4.78, 5) is 21.8. The number of nitrogens with one attached hydrogen (secondary N) is 1. The molecule has 0 spiro atoms. The van der Waals surface area contributed by atoms with Gasteiger partial charge in [0.1, 0.15) is 0 Å². The molecule has 0 radical (unpaired) electrons. The van der Waals surface area contributed by atoms with Crippen LogP contribution in [0.2, 0.25) is 5.02 Å². The summed E-state index contributed by atoms with van der Waals surface area (Å²) in [7, 11) is 0. The molecule has 0 unspecified atom stereocenters. The summed E-state index contributed by atoms with van der Waals surface area (Å²) in [6, 6.07) is 3.66. The Morgan fingerprint density at radius 3 is 2.67 bits per heavy atom. The normalized spacial score (nSPS) is 22.1. The number of hydrogen-bond acceptors (Lipinski definition) is 4. The van der Waals surface area contributed by atoms with Crippen molar-refractivity contribution in [2.75, 3.05) is 0 Å². The molecule has 0 aromatic heterocycles. The molecule has 0 heterocycles. The van der Waals surface area contributed by atoms with Crippen molar-refractivity contribution in [1.29, 1.82) is 0 Å². The second kappa shape index (κ2) is 4.91. The monoisotopic (exact) mass is 270 g/mol. The summed E-state index contributed by atoms with van der Waals surface area (Å²) >= 11 is 5.72. The van der Waals surface area contributed by atoms with Gasteiger partial charge in [0, 0.05) is 28.8 Å². The number of carbonyl (C=O) groups is 1. The number of aliphatic hydroxyl groups excluding tert-OH is 1. The van der Waals surface area contributed by atoms with Gasteiger partial charge in [-0.05, 0) is 18.9 Å². The molecule has 0 saturated heterocycles. The Hall–Kier alpha value is -1.66. The highest BCUT2D eigenvalue weighted by Crippen LogP contribution is 2.23. The van der Waals surface area contributed by atoms with Crippen molar-refractivity contribution in [3.63, 3.8) is 0 Å². The summed E-state index contributed by atoms with van der Waals surface area (Å²) in [5, 5.41) is 22.6. The molecular weight excluding hydrogens is 260 g/mol. The SMILES string of the molecule is O=C(NC1CC(O)C1)c1cc(Cl)cc([N+](=O)[O-])c1. The highest BCUT2D eigenvalue weighted by molar-refractivity contribution is 6.31. The number of rotatable bonds is 3. The number of nitrogens with zero attached hydrogens (tertiary/aromatic N) is 1. The quantitative estimate of drug-likeness (QED) is 0.643. The van der Waals surface area contributed by atoms with Crippen molar-refractivity contribution in [1.82, 2.24) is 5.32 Å². The third kappa shape index (κ3) is 2.77. The number of aliphatic hydroxyl groups is 1. The van der Waals surface area contributed by atoms with Gasteiger partial charge in [-0.3, -0.25) is 14.9 Å². The highest BCUT2D eigenvalue weighted by Gasteiger charge is 2.29. The van der Waals surface area contributed by atoms with Crippen molar-refractivity contribution < 1.29 is 14.8 Å². The summed E-state index contributed by atoms with van der Waals surface area (Å²) in [6.45, 7) is 0. The van der Waals surface area contributed by atoms with Crippen LogP contribution in [0.4, 0.5) is 5.69 Å². The molecule has 1 saturated carbocycles. The lowest BCUT2D eigenvalue weighted by atomic mass is 9.89. The van der Waals surface area contributed by atoms with Crippen LogP contribution >= 0.6 is 11.6 Å². The molecular formula is C11H11ClN2O4. The van der Waals surface area contributed by atoms with Crippen molar-refractivity contribution in [3.8, 4) is 0 Å². The van der Waals surface area contributed by atoms with Crippen LogP contribution in [0.15, 0.2) is 18.2 Å². The minimum Gasteiger partial charge on any atom is -0.393 e. The van der Waals surface area contributed by atoms with Crippen molar-refractivity contribution >= 4 is 23.2 Å². The van der Waals surface area contributed by atoms with E-state index in [9.17, 15) is 14.9 Å². The van der Waals surface area contributed by atoms with Crippen LogP contribution in [-0.4, -0.2) is 28.1 Å². The minimum absolute atomic E-state index is 0.0782. The summed E-state index contributed by atoms with van der Waals surface area (Å²) in [5.74, 6) is -0.419. The van der Waals surface area contributed by atoms with Crippen molar-refractivity contribution in [3.05, 3.63) is 38.9 Å². The van der Waals surface area contributed by atoms with E-state index in [1.165, 1.54) is 18.2 Å². The van der Waals surface area contributed by atoms with Gasteiger partial charge in [0.05, 0.1) is 11.0 Å². The fraction of sp³-hybridized carbons (Fsp3) is 0.364. The summed E-state index contributed by atoms with van der Waals surface area (Å²) < 4.78 is 0. The maximum Gasteiger partial charge on any atom is 0.271 e. The summed E-state index contributed by atoms with van der Waals surface area (Å²) in [5.41, 5.74) is -0.0723. The zero-order chi connectivity index (χ0) is 13.3. The van der Waals surface area contributed by atoms with Crippen LogP contribution in [0.25, 0.3) is 0 Å². The fourth-order valence-corrected chi connectivity index (χ4v) is 2.01. The van der Waals surface area contributed by atoms with Gasteiger partial charge >= 0.3 is 0 Å². The Morgan fingerprint density at radius 1 is 1.44 bits per heavy atom. The van der Waals surface area contributed by atoms with Gasteiger partial charge in [0.25, 0.3) is 11.6 Å². The zero-order valence-corrected chi connectivity index (χ0v) is 10.1. The van der Waals surface area contributed by atoms with E-state index in [2.05, 4.69) is 5.32 Å². The predicted octanol–water partition coefficient (Wildman–Crippen LogP) is 1.50. The molecule has 1 aliphatic rings. The van der Waals surface area contributed by atoms with Crippen molar-refractivity contribution in [2.24, 2.45) is 0 Å². The first-order chi connectivity index (χ1) is 8.45. The minimum atomic E-state index is -0.601. The lowest BCUT2D eigenvalue weighted by Crippen LogP contribution is -2.46. The molecule has 0 bridgehead atoms. The molecule has 1 aromatic rings. The maximum atomic E-state index is 11.8. The van der Waals surface area contributed by atoms with Gasteiger partial charge in [0.2, 0.25) is 0 Å². The van der Waals surface area contributed by atoms with Gasteiger partial charge in [0.15, 0.2) is 0 Å². The molecule has 2 N–H and O–H groups in total. The van der Waals surface area contributed by atoms with Gasteiger partial charge in [-0.2, -0.15) is 0 Å². The van der Waals surface area contributed by atoms with E-state index in [-0.39, 0.29) is 28.4 Å². The molecule has 0 aliphatic heterocycles. The van der Waals surface area contributed by atoms with E-state index in [1.54, 1.807) is 0 Å². The Labute approximate surface area is 108 Å². The molecule has 1 aromatic carbocycles. The van der Waals surface area contributed by atoms with E-state index >= 15 is 0 Å². The molecule has 0 atom stereocenters. The Bertz CT molecular complexity index is 500. The standard InChI is InChI=1S/C11H11ClN2O4/c12-7-1-6(2-9(3-7)14(17)18)11(16)13-8-4-10(15)5-8/h1-3,8,10,15H,4-5H2,(H,13,16). The lowest BCUT2D eigenvalue weighted by Gasteiger charge is -2.31. The smallest absolute Gasteiger partial charge is 0.271 e. The number of nitro benzene ring substituents is 1. The maximum absolute atomic E-state index is 11.8. The third-order valence-electron chi connectivity index (χ3n) is 2.80. The van der Waals surface area contributed by atoms with Gasteiger partial charge < -0.3 is 10.4 Å². The highest BCUT2D eigenvalue weighted by atomic mass is 35.5. The summed E-state index contributed by atoms with van der Waals surface area (Å²) in [6.07, 6.45) is 0.645. The van der Waals surface area contributed by atoms with Gasteiger partial charge in [-0.25, -0.2) is 0 Å². The van der Waals surface area contributed by atoms with Crippen molar-refractivity contribution in [2.45, 2.75) is 25.0 Å². The number of amides is 1. The van der Waals surface area contributed by atoms with Gasteiger partial charge in [-0.15, -0.1) is 0 Å². The number of hydrogen-bond donors (Lipinski definition) is 2. The van der Waals surface area contributed by atoms with Crippen LogP contribution in [0.5, 0.6) is 0 Å². The Balaban J connectivity index is 2.12. The van der Waals surface area contributed by atoms with Gasteiger partial charge in [-0.1, -0.05) is 11.6 Å². The molecule has 6 nitrogen and oxygen atoms in total. The fourth-order valence-electron chi connectivity index (χ4n) is 1.79. The van der Waals surface area contributed by atoms with Crippen LogP contribution < -0.4 is 5.32 Å². The third-order valence-corrected chi connectivity index (χ3v) is 3.02. The number of non-ortho nitro benzene ring substituents is 1. The molecule has 2 rings (SSSR count). The van der Waals surface area contributed by atoms with E-state index < -0.39 is 10.8 Å². The van der Waals surface area contributed by atoms with E-state index in [0.717, 1.165) is 0 Å². The molecule has 1 fully saturated rings. The van der Waals surface area contributed by atoms with E-state index in [4.69, 9.17) is 16.7 Å². The Kier molecular flexibility index (Phi) is 3.49. The lowest BCUT2D eigenvalue weighted by molar-refractivity contribution is -0.384. The largest absolute Gasteiger partial charge is 0.393 e. The first kappa shape index (κ1) is 12.8. The number of nitro groups is 1. The number of halogens is 1. The molecule has 1 aliphatic carbocycles. The zero-order valence-electron chi connectivity index (χ0n) is 9.30. The molecule has 1 amide bonds. The van der Waals surface area contributed by atoms with Crippen LogP contribution in [-0.2, 0) is 0 Å². The second-order valence-corrected chi connectivity index (χ2v) is 4.69. The van der Waals surface area contributed by atoms with E-state index in [1.807, 2.05) is 0 Å². The van der Waals surface area contributed by atoms with Crippen LogP contribution in [0, 0.1) is 10.1 Å². The number of carbonyl (C=O) groups excluding carboxylic acids is 1. The second-order valence-electron chi connectivity index (χ2n) is 4.25. The molecule has 7 heteroatoms. The average molecular weight is 271 g/mol. The predicted molar refractivity (Wildman–Crippen MR) is 64.6 cm³/mol. The average Bonchev–Trinajstić information content (AvgIpc) is 2.26. The van der Waals surface area contributed by atoms with Crippen LogP contribution in [0.3, 0.4) is 0 Å². The first-order valence-corrected chi connectivity index (χ1v) is 5.77.